The Labute approximate surface area is 151 Å². The van der Waals surface area contributed by atoms with Gasteiger partial charge < -0.3 is 20.1 Å². The first-order valence-corrected chi connectivity index (χ1v) is 8.31. The Balaban J connectivity index is 1.85. The van der Waals surface area contributed by atoms with Crippen LogP contribution in [-0.4, -0.2) is 48.9 Å². The number of hydrogen-bond donors (Lipinski definition) is 2. The molecule has 0 unspecified atom stereocenters. The van der Waals surface area contributed by atoms with Crippen LogP contribution in [0.2, 0.25) is 0 Å². The van der Waals surface area contributed by atoms with Crippen molar-refractivity contribution in [2.24, 2.45) is 4.99 Å². The third kappa shape index (κ3) is 6.56. The SMILES string of the molecule is COCCN=C1NC(=O)[C@@H](CC(=O)Nc2ccc(OC(F)(F)F)cc2)S1. The minimum absolute atomic E-state index is 0.0966. The zero-order chi connectivity index (χ0) is 19.2. The Morgan fingerprint density at radius 1 is 1.35 bits per heavy atom. The van der Waals surface area contributed by atoms with E-state index in [9.17, 15) is 22.8 Å². The second-order valence-corrected chi connectivity index (χ2v) is 6.29. The molecule has 0 aliphatic carbocycles. The molecule has 2 N–H and O–H groups in total. The van der Waals surface area contributed by atoms with Gasteiger partial charge in [0.25, 0.3) is 0 Å². The number of nitrogens with one attached hydrogen (secondary N) is 2. The van der Waals surface area contributed by atoms with Crippen molar-refractivity contribution in [3.63, 3.8) is 0 Å². The molecule has 7 nitrogen and oxygen atoms in total. The van der Waals surface area contributed by atoms with Crippen molar-refractivity contribution in [2.75, 3.05) is 25.6 Å². The van der Waals surface area contributed by atoms with Gasteiger partial charge in [0.15, 0.2) is 5.17 Å². The molecule has 0 bridgehead atoms. The van der Waals surface area contributed by atoms with Crippen LogP contribution in [0.15, 0.2) is 29.3 Å². The van der Waals surface area contributed by atoms with E-state index in [2.05, 4.69) is 20.4 Å². The summed E-state index contributed by atoms with van der Waals surface area (Å²) in [6.07, 6.45) is -4.87. The Morgan fingerprint density at radius 3 is 2.65 bits per heavy atom. The summed E-state index contributed by atoms with van der Waals surface area (Å²) in [6.45, 7) is 0.809. The monoisotopic (exact) mass is 391 g/mol. The highest BCUT2D eigenvalue weighted by molar-refractivity contribution is 8.15. The molecular weight excluding hydrogens is 375 g/mol. The van der Waals surface area contributed by atoms with Gasteiger partial charge >= 0.3 is 6.36 Å². The normalized spacial score (nSPS) is 18.7. The number of hydrogen-bond acceptors (Lipinski definition) is 6. The maximum atomic E-state index is 12.1. The number of rotatable bonds is 7. The van der Waals surface area contributed by atoms with E-state index in [1.807, 2.05) is 0 Å². The van der Waals surface area contributed by atoms with Crippen LogP contribution < -0.4 is 15.4 Å². The van der Waals surface area contributed by atoms with Gasteiger partial charge in [0.2, 0.25) is 11.8 Å². The fourth-order valence-electron chi connectivity index (χ4n) is 1.97. The number of ether oxygens (including phenoxy) is 2. The number of halogens is 3. The summed E-state index contributed by atoms with van der Waals surface area (Å²) in [5.41, 5.74) is 0.293. The van der Waals surface area contributed by atoms with Gasteiger partial charge in [-0.05, 0) is 24.3 Å². The van der Waals surface area contributed by atoms with Crippen molar-refractivity contribution in [1.29, 1.82) is 0 Å². The van der Waals surface area contributed by atoms with E-state index in [1.54, 1.807) is 0 Å². The summed E-state index contributed by atoms with van der Waals surface area (Å²) >= 11 is 1.14. The molecule has 0 spiro atoms. The van der Waals surface area contributed by atoms with Gasteiger partial charge in [-0.15, -0.1) is 13.2 Å². The summed E-state index contributed by atoms with van der Waals surface area (Å²) in [5, 5.41) is 4.90. The molecule has 1 atom stereocenters. The molecule has 2 rings (SSSR count). The van der Waals surface area contributed by atoms with Crippen molar-refractivity contribution in [3.8, 4) is 5.75 Å². The first-order valence-electron chi connectivity index (χ1n) is 7.43. The summed E-state index contributed by atoms with van der Waals surface area (Å²) in [5.74, 6) is -1.16. The molecule has 1 fully saturated rings. The van der Waals surface area contributed by atoms with E-state index in [4.69, 9.17) is 4.74 Å². The van der Waals surface area contributed by atoms with Crippen molar-refractivity contribution >= 4 is 34.4 Å². The second kappa shape index (κ2) is 8.90. The van der Waals surface area contributed by atoms with Gasteiger partial charge in [-0.3, -0.25) is 14.6 Å². The first kappa shape index (κ1) is 20.0. The smallest absolute Gasteiger partial charge is 0.406 e. The molecule has 1 aliphatic rings. The largest absolute Gasteiger partial charge is 0.573 e. The van der Waals surface area contributed by atoms with E-state index in [-0.39, 0.29) is 12.3 Å². The number of carbonyl (C=O) groups is 2. The summed E-state index contributed by atoms with van der Waals surface area (Å²) in [7, 11) is 1.54. The lowest BCUT2D eigenvalue weighted by molar-refractivity contribution is -0.274. The van der Waals surface area contributed by atoms with Crippen molar-refractivity contribution < 1.29 is 32.2 Å². The predicted molar refractivity (Wildman–Crippen MR) is 90.1 cm³/mol. The van der Waals surface area contributed by atoms with E-state index in [1.165, 1.54) is 19.2 Å². The Hall–Kier alpha value is -2.27. The minimum Gasteiger partial charge on any atom is -0.406 e. The lowest BCUT2D eigenvalue weighted by atomic mass is 10.2. The number of anilines is 1. The number of nitrogens with zero attached hydrogens (tertiary/aromatic N) is 1. The number of thioether (sulfide) groups is 1. The maximum Gasteiger partial charge on any atom is 0.573 e. The van der Waals surface area contributed by atoms with Crippen LogP contribution in [0.1, 0.15) is 6.42 Å². The fraction of sp³-hybridized carbons (Fsp3) is 0.400. The number of alkyl halides is 3. The highest BCUT2D eigenvalue weighted by Gasteiger charge is 2.32. The summed E-state index contributed by atoms with van der Waals surface area (Å²) in [4.78, 5) is 28.0. The number of benzene rings is 1. The Bertz CT molecular complexity index is 680. The van der Waals surface area contributed by atoms with E-state index in [0.29, 0.717) is 24.0 Å². The molecule has 1 heterocycles. The van der Waals surface area contributed by atoms with E-state index >= 15 is 0 Å². The molecule has 1 aromatic rings. The average Bonchev–Trinajstić information content (AvgIpc) is 2.88. The zero-order valence-corrected chi connectivity index (χ0v) is 14.4. The predicted octanol–water partition coefficient (Wildman–Crippen LogP) is 2.15. The van der Waals surface area contributed by atoms with Gasteiger partial charge in [0, 0.05) is 19.2 Å². The van der Waals surface area contributed by atoms with Crippen LogP contribution >= 0.6 is 11.8 Å². The standard InChI is InChI=1S/C15H16F3N3O4S/c1-24-7-6-19-14-21-13(23)11(26-14)8-12(22)20-9-2-4-10(5-3-9)25-15(16,17)18/h2-5,11H,6-8H2,1H3,(H,20,22)(H,19,21,23)/t11-/m1/s1. The molecule has 1 aliphatic heterocycles. The first-order chi connectivity index (χ1) is 12.3. The fourth-order valence-corrected chi connectivity index (χ4v) is 2.97. The van der Waals surface area contributed by atoms with Gasteiger partial charge in [-0.2, -0.15) is 0 Å². The second-order valence-electron chi connectivity index (χ2n) is 5.10. The van der Waals surface area contributed by atoms with Crippen LogP contribution in [0.3, 0.4) is 0 Å². The van der Waals surface area contributed by atoms with Crippen molar-refractivity contribution in [3.05, 3.63) is 24.3 Å². The minimum atomic E-state index is -4.78. The van der Waals surface area contributed by atoms with Gasteiger partial charge in [-0.1, -0.05) is 11.8 Å². The molecule has 26 heavy (non-hydrogen) atoms. The molecule has 1 aromatic carbocycles. The average molecular weight is 391 g/mol. The quantitative estimate of drug-likeness (QED) is 0.696. The zero-order valence-electron chi connectivity index (χ0n) is 13.6. The number of methoxy groups -OCH3 is 1. The number of amides is 2. The van der Waals surface area contributed by atoms with Gasteiger partial charge in [-0.25, -0.2) is 0 Å². The molecule has 0 aromatic heterocycles. The molecule has 0 radical (unpaired) electrons. The van der Waals surface area contributed by atoms with Gasteiger partial charge in [0.05, 0.1) is 13.2 Å². The molecule has 2 amide bonds. The third-order valence-electron chi connectivity index (χ3n) is 3.07. The Morgan fingerprint density at radius 2 is 2.04 bits per heavy atom. The van der Waals surface area contributed by atoms with E-state index < -0.39 is 23.3 Å². The van der Waals surface area contributed by atoms with Crippen molar-refractivity contribution in [2.45, 2.75) is 18.0 Å². The van der Waals surface area contributed by atoms with Crippen LogP contribution in [0, 0.1) is 0 Å². The topological polar surface area (TPSA) is 89.0 Å². The highest BCUT2D eigenvalue weighted by atomic mass is 32.2. The third-order valence-corrected chi connectivity index (χ3v) is 4.19. The Kier molecular flexibility index (Phi) is 6.86. The van der Waals surface area contributed by atoms with Crippen LogP contribution in [-0.2, 0) is 14.3 Å². The van der Waals surface area contributed by atoms with Crippen LogP contribution in [0.25, 0.3) is 0 Å². The molecule has 142 valence electrons. The number of aliphatic imine (C=N–C) groups is 1. The lowest BCUT2D eigenvalue weighted by Crippen LogP contribution is -2.28. The van der Waals surface area contributed by atoms with Crippen LogP contribution in [0.5, 0.6) is 5.75 Å². The maximum absolute atomic E-state index is 12.1. The summed E-state index contributed by atoms with van der Waals surface area (Å²) < 4.78 is 44.9. The van der Waals surface area contributed by atoms with Crippen LogP contribution in [0.4, 0.5) is 18.9 Å². The number of amidine groups is 1. The van der Waals surface area contributed by atoms with Gasteiger partial charge in [0.1, 0.15) is 11.0 Å². The highest BCUT2D eigenvalue weighted by Crippen LogP contribution is 2.25. The lowest BCUT2D eigenvalue weighted by Gasteiger charge is -2.10. The molecule has 11 heteroatoms. The molecular formula is C15H16F3N3O4S. The summed E-state index contributed by atoms with van der Waals surface area (Å²) in [6, 6.07) is 4.72. The molecule has 0 saturated carbocycles. The number of carbonyl (C=O) groups excluding carboxylic acids is 2. The van der Waals surface area contributed by atoms with E-state index in [0.717, 1.165) is 23.9 Å². The van der Waals surface area contributed by atoms with Crippen molar-refractivity contribution in [1.82, 2.24) is 5.32 Å². The molecule has 1 saturated heterocycles.